The molecule has 1 amide bonds. The molecule has 0 aliphatic rings. The number of carbonyl (C=O) groups is 1. The lowest BCUT2D eigenvalue weighted by atomic mass is 10.2. The second-order valence-corrected chi connectivity index (χ2v) is 8.65. The van der Waals surface area contributed by atoms with Crippen molar-refractivity contribution in [2.75, 3.05) is 11.9 Å². The first-order valence-corrected chi connectivity index (χ1v) is 11.9. The minimum absolute atomic E-state index is 0.142. The number of para-hydroxylation sites is 3. The van der Waals surface area contributed by atoms with E-state index in [0.717, 1.165) is 22.5 Å². The number of hydrogen-bond acceptors (Lipinski definition) is 5. The van der Waals surface area contributed by atoms with Gasteiger partial charge < -0.3 is 10.1 Å². The molecule has 0 radical (unpaired) electrons. The van der Waals surface area contributed by atoms with E-state index in [4.69, 9.17) is 4.74 Å². The van der Waals surface area contributed by atoms with Gasteiger partial charge in [0, 0.05) is 11.3 Å². The van der Waals surface area contributed by atoms with Crippen LogP contribution in [-0.2, 0) is 4.79 Å². The predicted octanol–water partition coefficient (Wildman–Crippen LogP) is 3.75. The van der Waals surface area contributed by atoms with Gasteiger partial charge in [0.25, 0.3) is 11.5 Å². The molecular weight excluding hydrogens is 458 g/mol. The zero-order valence-electron chi connectivity index (χ0n) is 19.3. The van der Waals surface area contributed by atoms with Crippen molar-refractivity contribution in [1.82, 2.24) is 4.57 Å². The van der Waals surface area contributed by atoms with E-state index in [1.165, 1.54) is 4.57 Å². The van der Waals surface area contributed by atoms with E-state index in [1.54, 1.807) is 36.4 Å². The Morgan fingerprint density at radius 3 is 2.46 bits per heavy atom. The summed E-state index contributed by atoms with van der Waals surface area (Å²) >= 11 is 1.10. The molecule has 0 atom stereocenters. The molecule has 0 saturated heterocycles. The molecule has 35 heavy (non-hydrogen) atoms. The SMILES string of the molecule is CCOc1ccccc1/C=c1/s/c(=C(\C#N)C(=O)Nc2ccccc2C)n(-c2ccccc2)c1=O. The first-order chi connectivity index (χ1) is 17.0. The Hall–Kier alpha value is -4.41. The van der Waals surface area contributed by atoms with Gasteiger partial charge in [-0.3, -0.25) is 14.2 Å². The highest BCUT2D eigenvalue weighted by molar-refractivity contribution is 7.07. The number of hydrogen-bond donors (Lipinski definition) is 1. The fourth-order valence-corrected chi connectivity index (χ4v) is 4.68. The number of anilines is 1. The maximum Gasteiger partial charge on any atom is 0.273 e. The average molecular weight is 482 g/mol. The van der Waals surface area contributed by atoms with Gasteiger partial charge >= 0.3 is 0 Å². The molecule has 4 aromatic rings. The van der Waals surface area contributed by atoms with Crippen LogP contribution in [0, 0.1) is 18.3 Å². The average Bonchev–Trinajstić information content (AvgIpc) is 3.18. The highest BCUT2D eigenvalue weighted by Gasteiger charge is 2.18. The molecule has 6 nitrogen and oxygen atoms in total. The van der Waals surface area contributed by atoms with Crippen molar-refractivity contribution in [3.05, 3.63) is 110 Å². The molecule has 0 aliphatic carbocycles. The van der Waals surface area contributed by atoms with Crippen LogP contribution in [0.25, 0.3) is 17.3 Å². The number of aryl methyl sites for hydroxylation is 1. The van der Waals surface area contributed by atoms with Crippen LogP contribution < -0.4 is 24.8 Å². The third-order valence-corrected chi connectivity index (χ3v) is 6.38. The summed E-state index contributed by atoms with van der Waals surface area (Å²) in [6.07, 6.45) is 1.73. The van der Waals surface area contributed by atoms with Crippen molar-refractivity contribution in [1.29, 1.82) is 5.26 Å². The Labute approximate surface area is 206 Å². The standard InChI is InChI=1S/C28H23N3O3S/c1-3-34-24-16-10-8-12-20(24)17-25-27(33)31(21-13-5-4-6-14-21)28(35-25)22(18-29)26(32)30-23-15-9-7-11-19(23)2/h4-17H,3H2,1-2H3,(H,30,32)/b25-17+,28-22+. The number of amides is 1. The fourth-order valence-electron chi connectivity index (χ4n) is 3.58. The molecule has 1 heterocycles. The van der Waals surface area contributed by atoms with E-state index in [2.05, 4.69) is 5.32 Å². The van der Waals surface area contributed by atoms with Gasteiger partial charge in [-0.15, -0.1) is 11.3 Å². The number of nitrogens with one attached hydrogen (secondary N) is 1. The van der Waals surface area contributed by atoms with E-state index in [0.29, 0.717) is 28.3 Å². The van der Waals surface area contributed by atoms with Crippen LogP contribution in [0.4, 0.5) is 5.69 Å². The van der Waals surface area contributed by atoms with Gasteiger partial charge in [-0.1, -0.05) is 54.6 Å². The second kappa shape index (κ2) is 10.7. The van der Waals surface area contributed by atoms with Gasteiger partial charge in [-0.25, -0.2) is 0 Å². The first-order valence-electron chi connectivity index (χ1n) is 11.1. The van der Waals surface area contributed by atoms with Crippen LogP contribution in [0.3, 0.4) is 0 Å². The summed E-state index contributed by atoms with van der Waals surface area (Å²) in [6.45, 7) is 4.25. The summed E-state index contributed by atoms with van der Waals surface area (Å²) in [6, 6.07) is 25.7. The van der Waals surface area contributed by atoms with Crippen LogP contribution in [0.15, 0.2) is 83.7 Å². The van der Waals surface area contributed by atoms with Crippen LogP contribution in [0.5, 0.6) is 5.75 Å². The molecular formula is C28H23N3O3S. The highest BCUT2D eigenvalue weighted by Crippen LogP contribution is 2.18. The molecule has 3 aromatic carbocycles. The Balaban J connectivity index is 1.97. The number of thiazole rings is 1. The number of benzene rings is 3. The van der Waals surface area contributed by atoms with Crippen molar-refractivity contribution in [2.45, 2.75) is 13.8 Å². The molecule has 0 saturated carbocycles. The quantitative estimate of drug-likeness (QED) is 0.455. The van der Waals surface area contributed by atoms with Crippen molar-refractivity contribution >= 4 is 34.6 Å². The molecule has 0 bridgehead atoms. The molecule has 174 valence electrons. The third-order valence-electron chi connectivity index (χ3n) is 5.29. The predicted molar refractivity (Wildman–Crippen MR) is 139 cm³/mol. The fraction of sp³-hybridized carbons (Fsp3) is 0.107. The van der Waals surface area contributed by atoms with Crippen LogP contribution >= 0.6 is 11.3 Å². The van der Waals surface area contributed by atoms with Gasteiger partial charge in [-0.05, 0) is 49.8 Å². The highest BCUT2D eigenvalue weighted by atomic mass is 32.1. The van der Waals surface area contributed by atoms with Gasteiger partial charge in [0.1, 0.15) is 16.5 Å². The van der Waals surface area contributed by atoms with Gasteiger partial charge in [-0.2, -0.15) is 5.26 Å². The van der Waals surface area contributed by atoms with Crippen LogP contribution in [-0.4, -0.2) is 17.1 Å². The van der Waals surface area contributed by atoms with Gasteiger partial charge in [0.2, 0.25) is 0 Å². The first kappa shape index (κ1) is 23.7. The van der Waals surface area contributed by atoms with Crippen molar-refractivity contribution in [2.24, 2.45) is 0 Å². The lowest BCUT2D eigenvalue weighted by molar-refractivity contribution is -0.111. The number of nitrogens with zero attached hydrogens (tertiary/aromatic N) is 2. The third kappa shape index (κ3) is 5.08. The topological polar surface area (TPSA) is 84.1 Å². The van der Waals surface area contributed by atoms with Crippen LogP contribution in [0.1, 0.15) is 18.1 Å². The molecule has 1 aromatic heterocycles. The summed E-state index contributed by atoms with van der Waals surface area (Å²) in [5.74, 6) is 0.0754. The van der Waals surface area contributed by atoms with E-state index >= 15 is 0 Å². The molecule has 0 spiro atoms. The number of nitriles is 1. The number of aromatic nitrogens is 1. The molecule has 0 unspecified atom stereocenters. The minimum atomic E-state index is -0.575. The normalized spacial score (nSPS) is 12.1. The van der Waals surface area contributed by atoms with E-state index < -0.39 is 5.91 Å². The second-order valence-electron chi connectivity index (χ2n) is 7.62. The van der Waals surface area contributed by atoms with Crippen molar-refractivity contribution in [3.63, 3.8) is 0 Å². The summed E-state index contributed by atoms with van der Waals surface area (Å²) in [5.41, 5.74) is 2.32. The molecule has 0 aliphatic heterocycles. The summed E-state index contributed by atoms with van der Waals surface area (Å²) in [7, 11) is 0. The molecule has 4 rings (SSSR count). The van der Waals surface area contributed by atoms with Crippen LogP contribution in [0.2, 0.25) is 0 Å². The number of rotatable bonds is 6. The van der Waals surface area contributed by atoms with E-state index in [1.807, 2.05) is 68.4 Å². The largest absolute Gasteiger partial charge is 0.493 e. The summed E-state index contributed by atoms with van der Waals surface area (Å²) < 4.78 is 7.75. The zero-order valence-corrected chi connectivity index (χ0v) is 20.1. The maximum atomic E-state index is 13.6. The van der Waals surface area contributed by atoms with E-state index in [-0.39, 0.29) is 15.8 Å². The van der Waals surface area contributed by atoms with Gasteiger partial charge in [0.05, 0.1) is 16.8 Å². The molecule has 0 fully saturated rings. The number of ether oxygens (including phenoxy) is 1. The maximum absolute atomic E-state index is 13.6. The monoisotopic (exact) mass is 481 g/mol. The van der Waals surface area contributed by atoms with Gasteiger partial charge in [0.15, 0.2) is 5.57 Å². The lowest BCUT2D eigenvalue weighted by Crippen LogP contribution is -2.32. The van der Waals surface area contributed by atoms with Crippen molar-refractivity contribution in [3.8, 4) is 17.5 Å². The van der Waals surface area contributed by atoms with E-state index in [9.17, 15) is 14.9 Å². The smallest absolute Gasteiger partial charge is 0.273 e. The Kier molecular flexibility index (Phi) is 7.24. The Morgan fingerprint density at radius 1 is 1.06 bits per heavy atom. The lowest BCUT2D eigenvalue weighted by Gasteiger charge is -2.08. The number of carbonyl (C=O) groups excluding carboxylic acids is 1. The minimum Gasteiger partial charge on any atom is -0.493 e. The Morgan fingerprint density at radius 2 is 1.74 bits per heavy atom. The molecule has 1 N–H and O–H groups in total. The zero-order chi connectivity index (χ0) is 24.8. The molecule has 7 heteroatoms. The summed E-state index contributed by atoms with van der Waals surface area (Å²) in [5, 5.41) is 12.8. The summed E-state index contributed by atoms with van der Waals surface area (Å²) in [4.78, 5) is 26.8. The Bertz CT molecular complexity index is 1590. The van der Waals surface area contributed by atoms with Crippen molar-refractivity contribution < 1.29 is 9.53 Å².